The number of amides is 2. The van der Waals surface area contributed by atoms with Crippen molar-refractivity contribution in [2.45, 2.75) is 63.2 Å². The molecule has 1 aliphatic heterocycles. The SMILES string of the molecule is O=C(C1CCCC1)N1CCN(C(=O)C2(c3cccc(F)c3)CCCCC2)CC1. The summed E-state index contributed by atoms with van der Waals surface area (Å²) >= 11 is 0. The Kier molecular flexibility index (Phi) is 5.70. The maximum Gasteiger partial charge on any atom is 0.233 e. The van der Waals surface area contributed by atoms with E-state index >= 15 is 0 Å². The van der Waals surface area contributed by atoms with Crippen LogP contribution >= 0.6 is 0 Å². The Labute approximate surface area is 167 Å². The molecule has 0 bridgehead atoms. The molecule has 0 radical (unpaired) electrons. The second kappa shape index (κ2) is 8.22. The predicted molar refractivity (Wildman–Crippen MR) is 106 cm³/mol. The summed E-state index contributed by atoms with van der Waals surface area (Å²) in [5.41, 5.74) is 0.222. The summed E-state index contributed by atoms with van der Waals surface area (Å²) in [5, 5.41) is 0. The number of benzene rings is 1. The van der Waals surface area contributed by atoms with Crippen LogP contribution < -0.4 is 0 Å². The monoisotopic (exact) mass is 386 g/mol. The topological polar surface area (TPSA) is 40.6 Å². The smallest absolute Gasteiger partial charge is 0.233 e. The molecule has 0 unspecified atom stereocenters. The van der Waals surface area contributed by atoms with Gasteiger partial charge in [-0.3, -0.25) is 9.59 Å². The van der Waals surface area contributed by atoms with Gasteiger partial charge in [-0.2, -0.15) is 0 Å². The van der Waals surface area contributed by atoms with Crippen molar-refractivity contribution < 1.29 is 14.0 Å². The Hall–Kier alpha value is -1.91. The van der Waals surface area contributed by atoms with E-state index < -0.39 is 5.41 Å². The minimum absolute atomic E-state index is 0.130. The van der Waals surface area contributed by atoms with Gasteiger partial charge in [-0.1, -0.05) is 44.2 Å². The van der Waals surface area contributed by atoms with Gasteiger partial charge < -0.3 is 9.80 Å². The molecule has 2 saturated carbocycles. The average Bonchev–Trinajstić information content (AvgIpc) is 3.28. The highest BCUT2D eigenvalue weighted by atomic mass is 19.1. The fourth-order valence-electron chi connectivity index (χ4n) is 5.43. The Morgan fingerprint density at radius 2 is 1.54 bits per heavy atom. The van der Waals surface area contributed by atoms with Crippen LogP contribution in [0.1, 0.15) is 63.4 Å². The van der Waals surface area contributed by atoms with Gasteiger partial charge in [-0.05, 0) is 43.4 Å². The number of carbonyl (C=O) groups excluding carboxylic acids is 2. The first-order chi connectivity index (χ1) is 13.6. The number of piperazine rings is 1. The zero-order valence-electron chi connectivity index (χ0n) is 16.7. The van der Waals surface area contributed by atoms with Crippen LogP contribution in [-0.2, 0) is 15.0 Å². The predicted octanol–water partition coefficient (Wildman–Crippen LogP) is 3.89. The van der Waals surface area contributed by atoms with E-state index in [2.05, 4.69) is 0 Å². The number of nitrogens with zero attached hydrogens (tertiary/aromatic N) is 2. The molecule has 0 aromatic heterocycles. The molecular formula is C23H31FN2O2. The van der Waals surface area contributed by atoms with Crippen molar-refractivity contribution in [1.82, 2.24) is 9.80 Å². The number of rotatable bonds is 3. The van der Waals surface area contributed by atoms with Gasteiger partial charge in [0.15, 0.2) is 0 Å². The normalized spacial score (nSPS) is 23.0. The van der Waals surface area contributed by atoms with Crippen molar-refractivity contribution in [2.24, 2.45) is 5.92 Å². The molecule has 0 spiro atoms. The number of hydrogen-bond donors (Lipinski definition) is 0. The highest BCUT2D eigenvalue weighted by molar-refractivity contribution is 5.89. The molecule has 0 atom stereocenters. The highest BCUT2D eigenvalue weighted by Crippen LogP contribution is 2.41. The van der Waals surface area contributed by atoms with E-state index in [0.29, 0.717) is 26.2 Å². The zero-order valence-corrected chi connectivity index (χ0v) is 16.7. The van der Waals surface area contributed by atoms with Gasteiger partial charge in [0.2, 0.25) is 11.8 Å². The summed E-state index contributed by atoms with van der Waals surface area (Å²) in [7, 11) is 0. The molecule has 3 fully saturated rings. The molecule has 1 aromatic rings. The van der Waals surface area contributed by atoms with Crippen molar-refractivity contribution >= 4 is 11.8 Å². The van der Waals surface area contributed by atoms with Crippen LogP contribution in [0.5, 0.6) is 0 Å². The lowest BCUT2D eigenvalue weighted by Crippen LogP contribution is -2.56. The maximum absolute atomic E-state index is 13.9. The Morgan fingerprint density at radius 3 is 2.18 bits per heavy atom. The van der Waals surface area contributed by atoms with E-state index in [1.807, 2.05) is 15.9 Å². The first-order valence-electron chi connectivity index (χ1n) is 10.9. The zero-order chi connectivity index (χ0) is 19.6. The summed E-state index contributed by atoms with van der Waals surface area (Å²) < 4.78 is 13.9. The highest BCUT2D eigenvalue weighted by Gasteiger charge is 2.44. The van der Waals surface area contributed by atoms with Gasteiger partial charge in [0.1, 0.15) is 5.82 Å². The van der Waals surface area contributed by atoms with Crippen molar-refractivity contribution in [3.63, 3.8) is 0 Å². The van der Waals surface area contributed by atoms with Crippen LogP contribution in [0.15, 0.2) is 24.3 Å². The average molecular weight is 387 g/mol. The number of halogens is 1. The van der Waals surface area contributed by atoms with Gasteiger partial charge in [-0.15, -0.1) is 0 Å². The van der Waals surface area contributed by atoms with Crippen LogP contribution in [0.3, 0.4) is 0 Å². The second-order valence-electron chi connectivity index (χ2n) is 8.75. The van der Waals surface area contributed by atoms with Crippen LogP contribution in [0, 0.1) is 11.7 Å². The quantitative estimate of drug-likeness (QED) is 0.791. The molecule has 2 amide bonds. The maximum atomic E-state index is 13.9. The Balaban J connectivity index is 1.47. The molecule has 152 valence electrons. The summed E-state index contributed by atoms with van der Waals surface area (Å²) in [6.45, 7) is 2.43. The molecule has 1 saturated heterocycles. The van der Waals surface area contributed by atoms with Crippen molar-refractivity contribution in [3.05, 3.63) is 35.6 Å². The van der Waals surface area contributed by atoms with Crippen molar-refractivity contribution in [2.75, 3.05) is 26.2 Å². The standard InChI is InChI=1S/C23H31FN2O2/c24-20-10-6-9-19(17-20)23(11-4-1-5-12-23)22(28)26-15-13-25(14-16-26)21(27)18-7-2-3-8-18/h6,9-10,17-18H,1-5,7-8,11-16H2. The van der Waals surface area contributed by atoms with E-state index in [9.17, 15) is 14.0 Å². The van der Waals surface area contributed by atoms with Crippen LogP contribution in [0.2, 0.25) is 0 Å². The third-order valence-electron chi connectivity index (χ3n) is 7.08. The van der Waals surface area contributed by atoms with Crippen LogP contribution in [-0.4, -0.2) is 47.8 Å². The van der Waals surface area contributed by atoms with E-state index in [0.717, 1.165) is 63.4 Å². The summed E-state index contributed by atoms with van der Waals surface area (Å²) in [6, 6.07) is 6.61. The molecule has 4 nitrogen and oxygen atoms in total. The molecule has 28 heavy (non-hydrogen) atoms. The van der Waals surface area contributed by atoms with Gasteiger partial charge >= 0.3 is 0 Å². The summed E-state index contributed by atoms with van der Waals surface area (Å²) in [4.78, 5) is 30.2. The van der Waals surface area contributed by atoms with Crippen LogP contribution in [0.4, 0.5) is 4.39 Å². The minimum atomic E-state index is -0.599. The molecular weight excluding hydrogens is 355 g/mol. The third kappa shape index (κ3) is 3.68. The van der Waals surface area contributed by atoms with Gasteiger partial charge in [0.25, 0.3) is 0 Å². The Bertz CT molecular complexity index is 715. The van der Waals surface area contributed by atoms with Gasteiger partial charge in [0, 0.05) is 32.1 Å². The first kappa shape index (κ1) is 19.4. The summed E-state index contributed by atoms with van der Waals surface area (Å²) in [6.07, 6.45) is 9.06. The molecule has 0 N–H and O–H groups in total. The van der Waals surface area contributed by atoms with Gasteiger partial charge in [-0.25, -0.2) is 4.39 Å². The molecule has 1 aromatic carbocycles. The molecule has 1 heterocycles. The second-order valence-corrected chi connectivity index (χ2v) is 8.75. The molecule has 3 aliphatic rings. The number of carbonyl (C=O) groups is 2. The number of hydrogen-bond acceptors (Lipinski definition) is 2. The Morgan fingerprint density at radius 1 is 0.893 bits per heavy atom. The third-order valence-corrected chi connectivity index (χ3v) is 7.08. The molecule has 4 rings (SSSR count). The molecule has 5 heteroatoms. The van der Waals surface area contributed by atoms with Crippen molar-refractivity contribution in [3.8, 4) is 0 Å². The lowest BCUT2D eigenvalue weighted by molar-refractivity contribution is -0.146. The van der Waals surface area contributed by atoms with Crippen molar-refractivity contribution in [1.29, 1.82) is 0 Å². The lowest BCUT2D eigenvalue weighted by Gasteiger charge is -2.43. The summed E-state index contributed by atoms with van der Waals surface area (Å²) in [5.74, 6) is 0.328. The fourth-order valence-corrected chi connectivity index (χ4v) is 5.43. The van der Waals surface area contributed by atoms with E-state index in [1.165, 1.54) is 6.07 Å². The van der Waals surface area contributed by atoms with Gasteiger partial charge in [0.05, 0.1) is 5.41 Å². The first-order valence-corrected chi connectivity index (χ1v) is 10.9. The van der Waals surface area contributed by atoms with E-state index in [4.69, 9.17) is 0 Å². The minimum Gasteiger partial charge on any atom is -0.339 e. The molecule has 2 aliphatic carbocycles. The van der Waals surface area contributed by atoms with E-state index in [-0.39, 0.29) is 23.5 Å². The van der Waals surface area contributed by atoms with Crippen LogP contribution in [0.25, 0.3) is 0 Å². The largest absolute Gasteiger partial charge is 0.339 e. The lowest BCUT2D eigenvalue weighted by atomic mass is 9.68. The fraction of sp³-hybridized carbons (Fsp3) is 0.652. The van der Waals surface area contributed by atoms with E-state index in [1.54, 1.807) is 12.1 Å².